The minimum Gasteiger partial charge on any atom is -0.469 e. The zero-order chi connectivity index (χ0) is 8.27. The van der Waals surface area contributed by atoms with E-state index in [1.54, 1.807) is 12.2 Å². The van der Waals surface area contributed by atoms with E-state index < -0.39 is 0 Å². The summed E-state index contributed by atoms with van der Waals surface area (Å²) in [5.41, 5.74) is 0.588. The van der Waals surface area contributed by atoms with Gasteiger partial charge in [0.05, 0.1) is 13.0 Å². The third-order valence-electron chi connectivity index (χ3n) is 1.76. The van der Waals surface area contributed by atoms with Crippen molar-refractivity contribution in [3.8, 4) is 0 Å². The van der Waals surface area contributed by atoms with Gasteiger partial charge in [0.25, 0.3) is 0 Å². The Kier molecular flexibility index (Phi) is 2.41. The van der Waals surface area contributed by atoms with Crippen LogP contribution in [-0.4, -0.2) is 18.8 Å². The van der Waals surface area contributed by atoms with Crippen molar-refractivity contribution in [3.63, 3.8) is 0 Å². The number of esters is 1. The highest BCUT2D eigenvalue weighted by Gasteiger charge is 2.18. The van der Waals surface area contributed by atoms with E-state index in [1.807, 2.05) is 0 Å². The second-order valence-electron chi connectivity index (χ2n) is 2.55. The highest BCUT2D eigenvalue weighted by atomic mass is 16.5. The maximum atomic E-state index is 10.9. The molecule has 0 aromatic rings. The molecule has 1 aliphatic carbocycles. The lowest BCUT2D eigenvalue weighted by molar-refractivity contribution is -0.143. The zero-order valence-electron chi connectivity index (χ0n) is 6.46. The van der Waals surface area contributed by atoms with E-state index in [9.17, 15) is 4.79 Å². The van der Waals surface area contributed by atoms with Crippen molar-refractivity contribution < 1.29 is 9.53 Å². The van der Waals surface area contributed by atoms with Crippen LogP contribution in [0.4, 0.5) is 0 Å². The first-order valence-corrected chi connectivity index (χ1v) is 3.57. The standard InChI is InChI=1S/C8H11NO2/c1-11-8(10)6-2-4-7(9)5-3-6/h2,4,6,9H,3,5H2,1H3. The van der Waals surface area contributed by atoms with Crippen LogP contribution in [0.25, 0.3) is 0 Å². The Bertz CT molecular complexity index is 208. The van der Waals surface area contributed by atoms with Gasteiger partial charge in [-0.05, 0) is 18.9 Å². The van der Waals surface area contributed by atoms with Crippen LogP contribution < -0.4 is 0 Å². The van der Waals surface area contributed by atoms with Gasteiger partial charge in [-0.1, -0.05) is 6.08 Å². The molecule has 0 radical (unpaired) electrons. The highest BCUT2D eigenvalue weighted by molar-refractivity contribution is 5.94. The molecule has 1 atom stereocenters. The number of nitrogens with one attached hydrogen (secondary N) is 1. The van der Waals surface area contributed by atoms with Crippen LogP contribution in [0.3, 0.4) is 0 Å². The molecule has 3 nitrogen and oxygen atoms in total. The molecule has 1 rings (SSSR count). The minimum atomic E-state index is -0.200. The van der Waals surface area contributed by atoms with Gasteiger partial charge in [0, 0.05) is 5.71 Å². The number of hydrogen-bond acceptors (Lipinski definition) is 3. The highest BCUT2D eigenvalue weighted by Crippen LogP contribution is 2.15. The van der Waals surface area contributed by atoms with E-state index in [0.29, 0.717) is 18.6 Å². The molecule has 60 valence electrons. The Balaban J connectivity index is 2.57. The fourth-order valence-electron chi connectivity index (χ4n) is 1.07. The van der Waals surface area contributed by atoms with E-state index in [0.717, 1.165) is 0 Å². The van der Waals surface area contributed by atoms with Crippen molar-refractivity contribution in [2.24, 2.45) is 5.92 Å². The number of carbonyl (C=O) groups excluding carboxylic acids is 1. The predicted octanol–water partition coefficient (Wildman–Crippen LogP) is 1.15. The van der Waals surface area contributed by atoms with Crippen molar-refractivity contribution in [2.45, 2.75) is 12.8 Å². The first kappa shape index (κ1) is 7.98. The molecule has 0 bridgehead atoms. The molecular weight excluding hydrogens is 142 g/mol. The number of allylic oxidation sites excluding steroid dienone is 1. The fraction of sp³-hybridized carbons (Fsp3) is 0.500. The Morgan fingerprint density at radius 1 is 1.82 bits per heavy atom. The summed E-state index contributed by atoms with van der Waals surface area (Å²) in [6.07, 6.45) is 4.79. The smallest absolute Gasteiger partial charge is 0.312 e. The summed E-state index contributed by atoms with van der Waals surface area (Å²) in [5.74, 6) is -0.331. The maximum absolute atomic E-state index is 10.9. The van der Waals surface area contributed by atoms with E-state index >= 15 is 0 Å². The van der Waals surface area contributed by atoms with Crippen LogP contribution in [0.15, 0.2) is 12.2 Å². The predicted molar refractivity (Wildman–Crippen MR) is 41.6 cm³/mol. The van der Waals surface area contributed by atoms with Crippen molar-refractivity contribution in [2.75, 3.05) is 7.11 Å². The molecule has 11 heavy (non-hydrogen) atoms. The summed E-state index contributed by atoms with van der Waals surface area (Å²) in [4.78, 5) is 10.9. The lowest BCUT2D eigenvalue weighted by Gasteiger charge is -2.13. The van der Waals surface area contributed by atoms with E-state index in [4.69, 9.17) is 5.41 Å². The van der Waals surface area contributed by atoms with Gasteiger partial charge in [-0.25, -0.2) is 0 Å². The Labute approximate surface area is 65.6 Å². The van der Waals surface area contributed by atoms with Crippen LogP contribution in [0.5, 0.6) is 0 Å². The first-order chi connectivity index (χ1) is 5.24. The van der Waals surface area contributed by atoms with Gasteiger partial charge in [0.15, 0.2) is 0 Å². The summed E-state index contributed by atoms with van der Waals surface area (Å²) in [7, 11) is 1.39. The van der Waals surface area contributed by atoms with Crippen molar-refractivity contribution in [1.29, 1.82) is 5.41 Å². The van der Waals surface area contributed by atoms with Gasteiger partial charge in [-0.15, -0.1) is 0 Å². The average molecular weight is 153 g/mol. The Morgan fingerprint density at radius 2 is 2.55 bits per heavy atom. The number of carbonyl (C=O) groups is 1. The zero-order valence-corrected chi connectivity index (χ0v) is 6.46. The van der Waals surface area contributed by atoms with E-state index in [-0.39, 0.29) is 11.9 Å². The third-order valence-corrected chi connectivity index (χ3v) is 1.76. The van der Waals surface area contributed by atoms with Crippen molar-refractivity contribution >= 4 is 11.7 Å². The normalized spacial score (nSPS) is 23.4. The van der Waals surface area contributed by atoms with E-state index in [2.05, 4.69) is 4.74 Å². The molecule has 1 aliphatic rings. The molecule has 0 saturated carbocycles. The van der Waals surface area contributed by atoms with Gasteiger partial charge < -0.3 is 10.1 Å². The molecule has 0 fully saturated rings. The summed E-state index contributed by atoms with van der Waals surface area (Å²) in [6, 6.07) is 0. The van der Waals surface area contributed by atoms with Gasteiger partial charge >= 0.3 is 5.97 Å². The summed E-state index contributed by atoms with van der Waals surface area (Å²) >= 11 is 0. The second-order valence-corrected chi connectivity index (χ2v) is 2.55. The van der Waals surface area contributed by atoms with Crippen LogP contribution in [0, 0.1) is 11.3 Å². The fourth-order valence-corrected chi connectivity index (χ4v) is 1.07. The molecule has 0 amide bonds. The summed E-state index contributed by atoms with van der Waals surface area (Å²) in [5, 5.41) is 7.24. The van der Waals surface area contributed by atoms with Gasteiger partial charge in [0.1, 0.15) is 0 Å². The maximum Gasteiger partial charge on any atom is 0.312 e. The minimum absolute atomic E-state index is 0.130. The van der Waals surface area contributed by atoms with Crippen LogP contribution in [-0.2, 0) is 9.53 Å². The molecule has 0 spiro atoms. The molecule has 0 aromatic carbocycles. The molecule has 1 N–H and O–H groups in total. The Hall–Kier alpha value is -1.12. The Morgan fingerprint density at radius 3 is 3.00 bits per heavy atom. The topological polar surface area (TPSA) is 50.2 Å². The molecule has 0 aromatic heterocycles. The van der Waals surface area contributed by atoms with Gasteiger partial charge in [0.2, 0.25) is 0 Å². The SMILES string of the molecule is COC(=O)C1C=CC(=N)CC1. The largest absolute Gasteiger partial charge is 0.469 e. The first-order valence-electron chi connectivity index (χ1n) is 3.57. The second kappa shape index (κ2) is 3.32. The number of ether oxygens (including phenoxy) is 1. The lowest BCUT2D eigenvalue weighted by atomic mass is 9.95. The van der Waals surface area contributed by atoms with Crippen molar-refractivity contribution in [3.05, 3.63) is 12.2 Å². The average Bonchev–Trinajstić information content (AvgIpc) is 2.05. The number of rotatable bonds is 1. The molecule has 0 heterocycles. The van der Waals surface area contributed by atoms with Gasteiger partial charge in [-0.3, -0.25) is 4.79 Å². The van der Waals surface area contributed by atoms with Crippen LogP contribution in [0.2, 0.25) is 0 Å². The third kappa shape index (κ3) is 1.90. The summed E-state index contributed by atoms with van der Waals surface area (Å²) < 4.78 is 4.56. The molecular formula is C8H11NO2. The molecule has 0 aliphatic heterocycles. The van der Waals surface area contributed by atoms with Crippen LogP contribution in [0.1, 0.15) is 12.8 Å². The van der Waals surface area contributed by atoms with E-state index in [1.165, 1.54) is 7.11 Å². The molecule has 3 heteroatoms. The molecule has 1 unspecified atom stereocenters. The van der Waals surface area contributed by atoms with Crippen LogP contribution >= 0.6 is 0 Å². The monoisotopic (exact) mass is 153 g/mol. The summed E-state index contributed by atoms with van der Waals surface area (Å²) in [6.45, 7) is 0. The number of hydrogen-bond donors (Lipinski definition) is 1. The number of methoxy groups -OCH3 is 1. The molecule has 0 saturated heterocycles. The quantitative estimate of drug-likeness (QED) is 0.574. The van der Waals surface area contributed by atoms with Gasteiger partial charge in [-0.2, -0.15) is 0 Å². The lowest BCUT2D eigenvalue weighted by Crippen LogP contribution is -2.18. The van der Waals surface area contributed by atoms with Crippen molar-refractivity contribution in [1.82, 2.24) is 0 Å².